The first-order chi connectivity index (χ1) is 7.24. The normalized spacial score (nSPS) is 34.8. The molecule has 88 valence electrons. The van der Waals surface area contributed by atoms with E-state index in [0.717, 1.165) is 19.6 Å². The van der Waals surface area contributed by atoms with Crippen LogP contribution in [0.1, 0.15) is 13.3 Å². The Morgan fingerprint density at radius 2 is 2.00 bits per heavy atom. The highest BCUT2D eigenvalue weighted by Gasteiger charge is 2.38. The summed E-state index contributed by atoms with van der Waals surface area (Å²) in [5.74, 6) is 0. The van der Waals surface area contributed by atoms with Crippen LogP contribution >= 0.6 is 0 Å². The van der Waals surface area contributed by atoms with Crippen LogP contribution in [0.2, 0.25) is 0 Å². The molecule has 2 rings (SSSR count). The van der Waals surface area contributed by atoms with Crippen LogP contribution in [0.4, 0.5) is 0 Å². The molecule has 5 nitrogen and oxygen atoms in total. The van der Waals surface area contributed by atoms with Gasteiger partial charge < -0.3 is 24.1 Å². The lowest BCUT2D eigenvalue weighted by atomic mass is 9.84. The smallest absolute Gasteiger partial charge is 0.271 e. The molecule has 0 atom stereocenters. The first-order valence-electron chi connectivity index (χ1n) is 5.35. The lowest BCUT2D eigenvalue weighted by Gasteiger charge is -2.41. The van der Waals surface area contributed by atoms with Crippen LogP contribution < -0.4 is 0 Å². The van der Waals surface area contributed by atoms with Crippen molar-refractivity contribution in [2.75, 3.05) is 33.0 Å². The van der Waals surface area contributed by atoms with Crippen LogP contribution in [-0.4, -0.2) is 50.7 Å². The summed E-state index contributed by atoms with van der Waals surface area (Å²) in [6.45, 7) is 4.14. The predicted octanol–water partition coefficient (Wildman–Crippen LogP) is 0.121. The zero-order valence-corrected chi connectivity index (χ0v) is 8.98. The highest BCUT2D eigenvalue weighted by atomic mass is 16.9. The van der Waals surface area contributed by atoms with Gasteiger partial charge in [0, 0.05) is 5.41 Å². The first-order valence-corrected chi connectivity index (χ1v) is 5.35. The predicted molar refractivity (Wildman–Crippen MR) is 51.2 cm³/mol. The Hall–Kier alpha value is -0.200. The molecule has 5 heteroatoms. The average molecular weight is 218 g/mol. The fourth-order valence-corrected chi connectivity index (χ4v) is 1.60. The largest absolute Gasteiger partial charge is 0.388 e. The number of hydrogen-bond donors (Lipinski definition) is 1. The summed E-state index contributed by atoms with van der Waals surface area (Å²) in [7, 11) is 0. The molecule has 2 heterocycles. The molecule has 1 N–H and O–H groups in total. The Bertz CT molecular complexity index is 190. The van der Waals surface area contributed by atoms with Crippen LogP contribution in [0, 0.1) is 5.41 Å². The van der Waals surface area contributed by atoms with Crippen molar-refractivity contribution < 1.29 is 24.1 Å². The van der Waals surface area contributed by atoms with Gasteiger partial charge in [0.15, 0.2) is 0 Å². The lowest BCUT2D eigenvalue weighted by molar-refractivity contribution is -0.341. The number of rotatable bonds is 4. The van der Waals surface area contributed by atoms with E-state index in [1.165, 1.54) is 0 Å². The fourth-order valence-electron chi connectivity index (χ4n) is 1.60. The van der Waals surface area contributed by atoms with Gasteiger partial charge in [0.25, 0.3) is 6.48 Å². The van der Waals surface area contributed by atoms with E-state index in [1.807, 2.05) is 0 Å². The number of aliphatic hydroxyl groups excluding tert-OH is 1. The third-order valence-corrected chi connectivity index (χ3v) is 2.94. The van der Waals surface area contributed by atoms with E-state index in [4.69, 9.17) is 24.1 Å². The highest BCUT2D eigenvalue weighted by Crippen LogP contribution is 2.32. The molecule has 0 bridgehead atoms. The maximum Gasteiger partial charge on any atom is 0.271 e. The van der Waals surface area contributed by atoms with Crippen molar-refractivity contribution in [1.29, 1.82) is 0 Å². The van der Waals surface area contributed by atoms with Gasteiger partial charge >= 0.3 is 0 Å². The molecule has 2 aliphatic rings. The molecule has 0 unspecified atom stereocenters. The van der Waals surface area contributed by atoms with Gasteiger partial charge in [-0.2, -0.15) is 0 Å². The molecular weight excluding hydrogens is 200 g/mol. The van der Waals surface area contributed by atoms with Crippen molar-refractivity contribution in [3.05, 3.63) is 0 Å². The maximum atomic E-state index is 9.13. The van der Waals surface area contributed by atoms with Crippen LogP contribution in [-0.2, 0) is 18.9 Å². The molecule has 0 spiro atoms. The van der Waals surface area contributed by atoms with E-state index in [-0.39, 0.29) is 18.6 Å². The second-order valence-electron chi connectivity index (χ2n) is 4.27. The fraction of sp³-hybridized carbons (Fsp3) is 1.00. The van der Waals surface area contributed by atoms with Crippen LogP contribution in [0.15, 0.2) is 0 Å². The van der Waals surface area contributed by atoms with Crippen molar-refractivity contribution in [1.82, 2.24) is 0 Å². The van der Waals surface area contributed by atoms with Gasteiger partial charge in [0.05, 0.1) is 33.0 Å². The zero-order valence-electron chi connectivity index (χ0n) is 8.98. The number of hydrogen-bond acceptors (Lipinski definition) is 5. The number of aliphatic hydroxyl groups is 1. The van der Waals surface area contributed by atoms with Gasteiger partial charge in [0.2, 0.25) is 0 Å². The summed E-state index contributed by atoms with van der Waals surface area (Å²) < 4.78 is 21.0. The quantitative estimate of drug-likeness (QED) is 0.726. The zero-order chi connectivity index (χ0) is 10.7. The molecule has 2 aliphatic heterocycles. The molecule has 0 aliphatic carbocycles. The minimum absolute atomic E-state index is 0.142. The Balaban J connectivity index is 1.69. The molecule has 0 aromatic heterocycles. The van der Waals surface area contributed by atoms with Gasteiger partial charge in [-0.15, -0.1) is 0 Å². The molecule has 0 amide bonds. The van der Waals surface area contributed by atoms with Crippen LogP contribution in [0.5, 0.6) is 0 Å². The van der Waals surface area contributed by atoms with Crippen LogP contribution in [0.25, 0.3) is 0 Å². The van der Waals surface area contributed by atoms with Gasteiger partial charge in [-0.25, -0.2) is 0 Å². The van der Waals surface area contributed by atoms with Crippen molar-refractivity contribution >= 4 is 0 Å². The highest BCUT2D eigenvalue weighted by molar-refractivity contribution is 4.83. The van der Waals surface area contributed by atoms with Crippen molar-refractivity contribution in [3.63, 3.8) is 0 Å². The summed E-state index contributed by atoms with van der Waals surface area (Å²) in [5.41, 5.74) is 0.142. The van der Waals surface area contributed by atoms with E-state index in [2.05, 4.69) is 6.92 Å². The third-order valence-electron chi connectivity index (χ3n) is 2.94. The van der Waals surface area contributed by atoms with Gasteiger partial charge in [-0.1, -0.05) is 6.92 Å². The second-order valence-corrected chi connectivity index (χ2v) is 4.27. The van der Waals surface area contributed by atoms with Crippen molar-refractivity contribution in [3.8, 4) is 0 Å². The molecular formula is C10H18O5. The monoisotopic (exact) mass is 218 g/mol. The Labute approximate surface area is 89.3 Å². The SMILES string of the molecule is CCC1(COC2OCC(O)CO2)COC1. The third kappa shape index (κ3) is 2.68. The summed E-state index contributed by atoms with van der Waals surface area (Å²) in [5, 5.41) is 9.13. The molecule has 0 radical (unpaired) electrons. The Morgan fingerprint density at radius 1 is 1.33 bits per heavy atom. The molecule has 0 aromatic carbocycles. The summed E-state index contributed by atoms with van der Waals surface area (Å²) in [4.78, 5) is 0. The van der Waals surface area contributed by atoms with E-state index in [1.54, 1.807) is 0 Å². The van der Waals surface area contributed by atoms with Crippen molar-refractivity contribution in [2.24, 2.45) is 5.41 Å². The number of ether oxygens (including phenoxy) is 4. The molecule has 0 saturated carbocycles. The minimum Gasteiger partial charge on any atom is -0.388 e. The first kappa shape index (κ1) is 11.3. The van der Waals surface area contributed by atoms with E-state index in [9.17, 15) is 0 Å². The molecule has 0 aromatic rings. The molecule has 2 fully saturated rings. The van der Waals surface area contributed by atoms with E-state index in [0.29, 0.717) is 6.61 Å². The van der Waals surface area contributed by atoms with Gasteiger partial charge in [-0.05, 0) is 6.42 Å². The minimum atomic E-state index is -0.627. The topological polar surface area (TPSA) is 57.2 Å². The Morgan fingerprint density at radius 3 is 2.47 bits per heavy atom. The lowest BCUT2D eigenvalue weighted by Crippen LogP contribution is -2.48. The standard InChI is InChI=1S/C10H18O5/c1-2-10(5-12-6-10)7-15-9-13-3-8(11)4-14-9/h8-9,11H,2-7H2,1H3. The van der Waals surface area contributed by atoms with Gasteiger partial charge in [0.1, 0.15) is 6.10 Å². The average Bonchev–Trinajstić information content (AvgIpc) is 2.20. The second kappa shape index (κ2) is 4.76. The molecule has 2 saturated heterocycles. The van der Waals surface area contributed by atoms with Crippen molar-refractivity contribution in [2.45, 2.75) is 25.9 Å². The van der Waals surface area contributed by atoms with E-state index < -0.39 is 12.6 Å². The maximum absolute atomic E-state index is 9.13. The van der Waals surface area contributed by atoms with E-state index >= 15 is 0 Å². The Kier molecular flexibility index (Phi) is 3.58. The molecule has 15 heavy (non-hydrogen) atoms. The summed E-state index contributed by atoms with van der Waals surface area (Å²) in [6, 6.07) is 0. The summed E-state index contributed by atoms with van der Waals surface area (Å²) in [6.07, 6.45) is 0.500. The summed E-state index contributed by atoms with van der Waals surface area (Å²) >= 11 is 0. The van der Waals surface area contributed by atoms with Gasteiger partial charge in [-0.3, -0.25) is 0 Å². The van der Waals surface area contributed by atoms with Crippen LogP contribution in [0.3, 0.4) is 0 Å².